The monoisotopic (exact) mass is 814 g/mol. The zero-order valence-electron chi connectivity index (χ0n) is 34.3. The Kier molecular flexibility index (Phi) is 8.19. The van der Waals surface area contributed by atoms with E-state index in [0.29, 0.717) is 0 Å². The summed E-state index contributed by atoms with van der Waals surface area (Å²) in [5, 5.41) is 15.3. The molecule has 12 aromatic carbocycles. The molecule has 0 saturated carbocycles. The third-order valence-corrected chi connectivity index (χ3v) is 14.4. The van der Waals surface area contributed by atoms with Gasteiger partial charge in [0.2, 0.25) is 0 Å². The fourth-order valence-corrected chi connectivity index (χ4v) is 11.6. The number of benzene rings is 12. The van der Waals surface area contributed by atoms with Gasteiger partial charge in [-0.1, -0.05) is 212 Å². The van der Waals surface area contributed by atoms with Gasteiger partial charge in [-0.05, 0) is 128 Å². The van der Waals surface area contributed by atoms with Gasteiger partial charge in [0.05, 0.1) is 0 Å². The highest BCUT2D eigenvalue weighted by atomic mass is 32.1. The highest BCUT2D eigenvalue weighted by Crippen LogP contribution is 2.48. The molecule has 0 N–H and O–H groups in total. The van der Waals surface area contributed by atoms with E-state index in [1.54, 1.807) is 0 Å². The molecular weight excluding hydrogens is 777 g/mol. The first-order valence-electron chi connectivity index (χ1n) is 21.7. The molecule has 0 aliphatic carbocycles. The summed E-state index contributed by atoms with van der Waals surface area (Å²) in [4.78, 5) is 0. The van der Waals surface area contributed by atoms with E-state index in [1.807, 2.05) is 11.3 Å². The summed E-state index contributed by atoms with van der Waals surface area (Å²) in [7, 11) is 0. The molecule has 13 aromatic rings. The van der Waals surface area contributed by atoms with Crippen molar-refractivity contribution in [3.05, 3.63) is 231 Å². The Balaban J connectivity index is 0.958. The van der Waals surface area contributed by atoms with Gasteiger partial charge in [-0.2, -0.15) is 0 Å². The number of hydrogen-bond donors (Lipinski definition) is 0. The average molecular weight is 815 g/mol. The van der Waals surface area contributed by atoms with E-state index in [9.17, 15) is 0 Å². The van der Waals surface area contributed by atoms with Gasteiger partial charge in [0.15, 0.2) is 0 Å². The summed E-state index contributed by atoms with van der Waals surface area (Å²) in [6.45, 7) is 0. The molecule has 63 heavy (non-hydrogen) atoms. The Morgan fingerprint density at radius 1 is 0.206 bits per heavy atom. The summed E-state index contributed by atoms with van der Waals surface area (Å²) in [5.74, 6) is 0. The van der Waals surface area contributed by atoms with E-state index in [0.717, 1.165) is 0 Å². The Bertz CT molecular complexity index is 3830. The van der Waals surface area contributed by atoms with Gasteiger partial charge >= 0.3 is 0 Å². The van der Waals surface area contributed by atoms with Crippen LogP contribution in [0, 0.1) is 0 Å². The van der Waals surface area contributed by atoms with Gasteiger partial charge in [0, 0.05) is 20.2 Å². The summed E-state index contributed by atoms with van der Waals surface area (Å²) in [5.41, 5.74) is 12.6. The first kappa shape index (κ1) is 35.9. The maximum absolute atomic E-state index is 2.44. The number of fused-ring (bicyclic) bond motifs is 8. The van der Waals surface area contributed by atoms with Gasteiger partial charge in [-0.15, -0.1) is 11.3 Å². The van der Waals surface area contributed by atoms with Crippen molar-refractivity contribution in [1.82, 2.24) is 0 Å². The Morgan fingerprint density at radius 3 is 1.16 bits per heavy atom. The molecule has 0 unspecified atom stereocenters. The van der Waals surface area contributed by atoms with Crippen LogP contribution in [0.2, 0.25) is 0 Å². The normalized spacial score (nSPS) is 11.8. The number of rotatable bonds is 5. The second-order valence-electron chi connectivity index (χ2n) is 16.7. The minimum atomic E-state index is 1.23. The lowest BCUT2D eigenvalue weighted by Gasteiger charge is -2.18. The Labute approximate surface area is 369 Å². The molecule has 13 rings (SSSR count). The van der Waals surface area contributed by atoms with Crippen LogP contribution in [0.3, 0.4) is 0 Å². The van der Waals surface area contributed by atoms with Gasteiger partial charge in [-0.3, -0.25) is 0 Å². The lowest BCUT2D eigenvalue weighted by atomic mass is 9.85. The smallest absolute Gasteiger partial charge is 0.0361 e. The van der Waals surface area contributed by atoms with Crippen LogP contribution in [0.4, 0.5) is 0 Å². The fourth-order valence-electron chi connectivity index (χ4n) is 10.5. The highest BCUT2D eigenvalue weighted by Gasteiger charge is 2.20. The van der Waals surface area contributed by atoms with Crippen molar-refractivity contribution in [3.63, 3.8) is 0 Å². The minimum Gasteiger partial charge on any atom is -0.135 e. The summed E-state index contributed by atoms with van der Waals surface area (Å²) < 4.78 is 2.60. The molecule has 0 bridgehead atoms. The lowest BCUT2D eigenvalue weighted by molar-refractivity contribution is 1.63. The van der Waals surface area contributed by atoms with Crippen LogP contribution in [0.1, 0.15) is 0 Å². The van der Waals surface area contributed by atoms with Crippen molar-refractivity contribution in [2.24, 2.45) is 0 Å². The van der Waals surface area contributed by atoms with Crippen LogP contribution < -0.4 is 0 Å². The first-order chi connectivity index (χ1) is 31.3. The molecule has 0 aliphatic heterocycles. The van der Waals surface area contributed by atoms with Gasteiger partial charge in [0.25, 0.3) is 0 Å². The largest absolute Gasteiger partial charge is 0.135 e. The SMILES string of the molecule is c1ccc(-c2c3ccccc3c(-c3ccc4sc5cc(-c6c7ccccc7c(-c7ccc(-c8cccc9ccccc89)cc7)c7ccccc67)ccc5c4c3)c3ccccc23)cc1. The van der Waals surface area contributed by atoms with Crippen molar-refractivity contribution in [1.29, 1.82) is 0 Å². The van der Waals surface area contributed by atoms with Crippen molar-refractivity contribution in [2.75, 3.05) is 0 Å². The third kappa shape index (κ3) is 5.67. The van der Waals surface area contributed by atoms with Crippen LogP contribution >= 0.6 is 11.3 Å². The summed E-state index contributed by atoms with van der Waals surface area (Å²) >= 11 is 1.89. The number of hydrogen-bond acceptors (Lipinski definition) is 1. The van der Waals surface area contributed by atoms with Gasteiger partial charge in [-0.25, -0.2) is 0 Å². The average Bonchev–Trinajstić information content (AvgIpc) is 3.72. The minimum absolute atomic E-state index is 1.23. The van der Waals surface area contributed by atoms with E-state index < -0.39 is 0 Å². The quantitative estimate of drug-likeness (QED) is 0.152. The van der Waals surface area contributed by atoms with Crippen LogP contribution in [0.25, 0.3) is 130 Å². The lowest BCUT2D eigenvalue weighted by Crippen LogP contribution is -1.91. The molecule has 292 valence electrons. The molecule has 0 atom stereocenters. The second kappa shape index (κ2) is 14.4. The van der Waals surface area contributed by atoms with Crippen molar-refractivity contribution >= 4 is 85.4 Å². The van der Waals surface area contributed by atoms with Crippen molar-refractivity contribution < 1.29 is 0 Å². The molecule has 0 nitrogen and oxygen atoms in total. The maximum atomic E-state index is 2.44. The second-order valence-corrected chi connectivity index (χ2v) is 17.8. The van der Waals surface area contributed by atoms with Gasteiger partial charge in [0.1, 0.15) is 0 Å². The standard InChI is InChI=1S/C62H38S/c1-2-16-41(17-3-1)59-48-20-6-10-24-52(48)61(53-25-11-7-21-49(53)59)43-34-36-57-56(37-43)47-35-33-44(38-58(47)63-57)62-54-26-12-8-22-50(54)60(51-23-9-13-27-55(51)62)42-31-29-40(30-32-42)46-28-14-18-39-15-4-5-19-45(39)46/h1-38H. The number of thiophene rings is 1. The fraction of sp³-hybridized carbons (Fsp3) is 0. The maximum Gasteiger partial charge on any atom is 0.0361 e. The first-order valence-corrected chi connectivity index (χ1v) is 22.6. The van der Waals surface area contributed by atoms with Crippen molar-refractivity contribution in [3.8, 4) is 55.6 Å². The molecule has 1 aromatic heterocycles. The molecule has 0 aliphatic rings. The topological polar surface area (TPSA) is 0 Å². The summed E-state index contributed by atoms with van der Waals surface area (Å²) in [6, 6.07) is 85.4. The van der Waals surface area contributed by atoms with Crippen LogP contribution in [-0.2, 0) is 0 Å². The highest BCUT2D eigenvalue weighted by molar-refractivity contribution is 7.25. The van der Waals surface area contributed by atoms with Crippen molar-refractivity contribution in [2.45, 2.75) is 0 Å². The van der Waals surface area contributed by atoms with E-state index in [-0.39, 0.29) is 0 Å². The molecule has 0 saturated heterocycles. The molecule has 0 fully saturated rings. The Morgan fingerprint density at radius 2 is 0.603 bits per heavy atom. The van der Waals surface area contributed by atoms with Crippen LogP contribution in [-0.4, -0.2) is 0 Å². The predicted molar refractivity (Wildman–Crippen MR) is 274 cm³/mol. The molecule has 0 radical (unpaired) electrons. The third-order valence-electron chi connectivity index (χ3n) is 13.2. The van der Waals surface area contributed by atoms with Crippen LogP contribution in [0.15, 0.2) is 231 Å². The van der Waals surface area contributed by atoms with E-state index >= 15 is 0 Å². The zero-order valence-corrected chi connectivity index (χ0v) is 35.2. The van der Waals surface area contributed by atoms with Crippen LogP contribution in [0.5, 0.6) is 0 Å². The van der Waals surface area contributed by atoms with E-state index in [2.05, 4.69) is 231 Å². The zero-order chi connectivity index (χ0) is 41.4. The molecule has 0 spiro atoms. The molecule has 0 amide bonds. The molecular formula is C62H38S. The van der Waals surface area contributed by atoms with E-state index in [4.69, 9.17) is 0 Å². The molecule has 1 heterocycles. The Hall–Kier alpha value is -7.84. The van der Waals surface area contributed by atoms with E-state index in [1.165, 1.54) is 130 Å². The molecule has 1 heteroatoms. The predicted octanol–water partition coefficient (Wildman–Crippen LogP) is 18.2. The summed E-state index contributed by atoms with van der Waals surface area (Å²) in [6.07, 6.45) is 0. The van der Waals surface area contributed by atoms with Gasteiger partial charge < -0.3 is 0 Å².